The Balaban J connectivity index is 2.57. The van der Waals surface area contributed by atoms with Gasteiger partial charge in [-0.3, -0.25) is 0 Å². The number of aromatic nitrogens is 4. The van der Waals surface area contributed by atoms with Gasteiger partial charge in [-0.05, 0) is 0 Å². The number of benzene rings is 1. The number of nitrogens with zero attached hydrogens (tertiary/aromatic N) is 4. The van der Waals surface area contributed by atoms with Crippen LogP contribution in [0.4, 0.5) is 0 Å². The quantitative estimate of drug-likeness (QED) is 0.787. The molecule has 1 heterocycles. The van der Waals surface area contributed by atoms with E-state index in [0.29, 0.717) is 11.4 Å². The second kappa shape index (κ2) is 5.38. The third-order valence-electron chi connectivity index (χ3n) is 2.46. The van der Waals surface area contributed by atoms with Crippen LogP contribution in [0.2, 0.25) is 9.88 Å². The standard InChI is InChI=1S/C9H6N5O.2CH3.Sn/c10-8(15)6-2-1-3-7(4-6)9-13-11-5-12-14-9;;;/h2-5H,(H2,10,15);2*1H3;. The zero-order chi connectivity index (χ0) is 13.1. The van der Waals surface area contributed by atoms with Crippen molar-refractivity contribution in [1.29, 1.82) is 0 Å². The number of hydrogen-bond acceptors (Lipinski definition) is 5. The van der Waals surface area contributed by atoms with Gasteiger partial charge in [0.15, 0.2) is 0 Å². The van der Waals surface area contributed by atoms with Gasteiger partial charge in [-0.2, -0.15) is 0 Å². The minimum absolute atomic E-state index is 0.409. The van der Waals surface area contributed by atoms with Crippen molar-refractivity contribution in [3.05, 3.63) is 30.1 Å². The SMILES string of the molecule is [CH3][Sn]([CH3])[c]1cc(C(N)=O)cc(-c2nncnn2)c1. The molecule has 1 aromatic heterocycles. The van der Waals surface area contributed by atoms with Crippen LogP contribution in [0.5, 0.6) is 0 Å². The zero-order valence-electron chi connectivity index (χ0n) is 10.1. The maximum absolute atomic E-state index is 11.3. The van der Waals surface area contributed by atoms with Crippen LogP contribution in [-0.4, -0.2) is 46.1 Å². The van der Waals surface area contributed by atoms with E-state index in [1.165, 1.54) is 9.91 Å². The summed E-state index contributed by atoms with van der Waals surface area (Å²) < 4.78 is 1.19. The molecule has 1 amide bonds. The van der Waals surface area contributed by atoms with Gasteiger partial charge in [0.1, 0.15) is 0 Å². The Labute approximate surface area is 111 Å². The summed E-state index contributed by atoms with van der Waals surface area (Å²) in [4.78, 5) is 15.8. The summed E-state index contributed by atoms with van der Waals surface area (Å²) in [5, 5.41) is 15.2. The van der Waals surface area contributed by atoms with Crippen molar-refractivity contribution in [3.8, 4) is 11.4 Å². The first-order valence-corrected chi connectivity index (χ1v) is 12.5. The van der Waals surface area contributed by atoms with E-state index in [4.69, 9.17) is 5.73 Å². The Morgan fingerprint density at radius 2 is 1.83 bits per heavy atom. The van der Waals surface area contributed by atoms with Crippen LogP contribution in [0.25, 0.3) is 11.4 Å². The molecular weight excluding hydrogens is 337 g/mol. The number of rotatable bonds is 3. The maximum atomic E-state index is 11.3. The molecule has 91 valence electrons. The number of carbonyl (C=O) groups is 1. The average Bonchev–Trinajstić information content (AvgIpc) is 2.39. The normalized spacial score (nSPS) is 10.6. The monoisotopic (exact) mass is 350 g/mol. The molecule has 0 atom stereocenters. The van der Waals surface area contributed by atoms with Gasteiger partial charge in [0.05, 0.1) is 0 Å². The van der Waals surface area contributed by atoms with Crippen molar-refractivity contribution < 1.29 is 4.79 Å². The molecule has 0 saturated carbocycles. The molecule has 6 nitrogen and oxygen atoms in total. The number of primary amides is 1. The van der Waals surface area contributed by atoms with Crippen LogP contribution >= 0.6 is 0 Å². The predicted octanol–water partition coefficient (Wildman–Crippen LogP) is -0.00610. The number of hydrogen-bond donors (Lipinski definition) is 1. The van der Waals surface area contributed by atoms with Crippen molar-refractivity contribution >= 4 is 29.2 Å². The zero-order valence-corrected chi connectivity index (χ0v) is 12.9. The fourth-order valence-corrected chi connectivity index (χ4v) is 4.04. The Kier molecular flexibility index (Phi) is 3.85. The molecule has 0 spiro atoms. The third kappa shape index (κ3) is 2.81. The first-order valence-electron chi connectivity index (χ1n) is 5.34. The van der Waals surface area contributed by atoms with Gasteiger partial charge in [-0.25, -0.2) is 0 Å². The van der Waals surface area contributed by atoms with Crippen LogP contribution in [0.15, 0.2) is 24.5 Å². The fourth-order valence-electron chi connectivity index (χ4n) is 1.51. The minimum atomic E-state index is -1.61. The van der Waals surface area contributed by atoms with Gasteiger partial charge in [0, 0.05) is 0 Å². The van der Waals surface area contributed by atoms with Crippen molar-refractivity contribution in [2.45, 2.75) is 9.88 Å². The van der Waals surface area contributed by atoms with Gasteiger partial charge in [0.2, 0.25) is 0 Å². The molecule has 0 fully saturated rings. The molecule has 2 rings (SSSR count). The summed E-state index contributed by atoms with van der Waals surface area (Å²) in [5.74, 6) is -0.0360. The van der Waals surface area contributed by atoms with Crippen molar-refractivity contribution in [2.24, 2.45) is 5.73 Å². The summed E-state index contributed by atoms with van der Waals surface area (Å²) in [6.07, 6.45) is 1.27. The molecule has 0 aliphatic heterocycles. The van der Waals surface area contributed by atoms with Gasteiger partial charge in [-0.1, -0.05) is 0 Å². The van der Waals surface area contributed by atoms with E-state index in [-0.39, 0.29) is 0 Å². The number of nitrogens with two attached hydrogens (primary N) is 1. The number of carbonyl (C=O) groups excluding carboxylic acids is 1. The van der Waals surface area contributed by atoms with Crippen LogP contribution in [0.1, 0.15) is 10.4 Å². The fraction of sp³-hybridized carbons (Fsp3) is 0.182. The van der Waals surface area contributed by atoms with E-state index in [1.807, 2.05) is 12.1 Å². The third-order valence-corrected chi connectivity index (χ3v) is 6.58. The summed E-state index contributed by atoms with van der Waals surface area (Å²) in [7, 11) is 0. The van der Waals surface area contributed by atoms with Crippen LogP contribution in [0.3, 0.4) is 0 Å². The van der Waals surface area contributed by atoms with Crippen LogP contribution < -0.4 is 9.31 Å². The Morgan fingerprint density at radius 1 is 1.17 bits per heavy atom. The van der Waals surface area contributed by atoms with Gasteiger partial charge in [0.25, 0.3) is 0 Å². The first-order chi connectivity index (χ1) is 8.58. The van der Waals surface area contributed by atoms with E-state index >= 15 is 0 Å². The van der Waals surface area contributed by atoms with E-state index in [0.717, 1.165) is 5.56 Å². The molecule has 18 heavy (non-hydrogen) atoms. The summed E-state index contributed by atoms with van der Waals surface area (Å²) >= 11 is -1.61. The molecule has 7 heteroatoms. The Morgan fingerprint density at radius 3 is 2.39 bits per heavy atom. The first kappa shape index (κ1) is 12.9. The predicted molar refractivity (Wildman–Crippen MR) is 68.7 cm³/mol. The van der Waals surface area contributed by atoms with Gasteiger partial charge in [-0.15, -0.1) is 0 Å². The Bertz CT molecular complexity index is 573. The van der Waals surface area contributed by atoms with Gasteiger partial charge >= 0.3 is 112 Å². The second-order valence-electron chi connectivity index (χ2n) is 4.03. The molecule has 0 unspecified atom stereocenters. The molecule has 2 aromatic rings. The van der Waals surface area contributed by atoms with Gasteiger partial charge < -0.3 is 0 Å². The molecule has 2 N–H and O–H groups in total. The molecular formula is C11H12N5OSn. The van der Waals surface area contributed by atoms with Crippen LogP contribution in [0, 0.1) is 0 Å². The average molecular weight is 349 g/mol. The second-order valence-corrected chi connectivity index (χ2v) is 11.4. The Hall–Kier alpha value is -1.57. The van der Waals surface area contributed by atoms with Crippen molar-refractivity contribution in [3.63, 3.8) is 0 Å². The van der Waals surface area contributed by atoms with E-state index in [9.17, 15) is 4.79 Å². The molecule has 1 radical (unpaired) electrons. The topological polar surface area (TPSA) is 94.7 Å². The molecule has 0 bridgehead atoms. The van der Waals surface area contributed by atoms with Crippen molar-refractivity contribution in [1.82, 2.24) is 20.4 Å². The van der Waals surface area contributed by atoms with E-state index in [2.05, 4.69) is 30.3 Å². The van der Waals surface area contributed by atoms with E-state index in [1.54, 1.807) is 6.07 Å². The summed E-state index contributed by atoms with van der Waals surface area (Å²) in [5.41, 5.74) is 6.56. The summed E-state index contributed by atoms with van der Waals surface area (Å²) in [6.45, 7) is 0. The molecule has 1 aromatic carbocycles. The summed E-state index contributed by atoms with van der Waals surface area (Å²) in [6, 6.07) is 5.54. The van der Waals surface area contributed by atoms with Crippen molar-refractivity contribution in [2.75, 3.05) is 0 Å². The number of amides is 1. The molecule has 0 saturated heterocycles. The molecule has 0 aliphatic carbocycles. The molecule has 0 aliphatic rings. The van der Waals surface area contributed by atoms with E-state index < -0.39 is 25.7 Å². The van der Waals surface area contributed by atoms with Crippen LogP contribution in [-0.2, 0) is 0 Å².